The Hall–Kier alpha value is -1.43. The number of esters is 1. The topological polar surface area (TPSA) is 295 Å². The van der Waals surface area contributed by atoms with Gasteiger partial charge in [-0.3, -0.25) is 4.79 Å². The summed E-state index contributed by atoms with van der Waals surface area (Å²) < 4.78 is 35.8. The van der Waals surface area contributed by atoms with E-state index in [1.165, 1.54) is 5.57 Å². The molecule has 18 nitrogen and oxygen atoms in total. The van der Waals surface area contributed by atoms with Crippen molar-refractivity contribution in [3.8, 4) is 0 Å². The number of ether oxygens (including phenoxy) is 6. The normalized spacial score (nSPS) is 54.8. The molecular weight excluding hydrogens is 865 g/mol. The molecule has 0 aromatic rings. The zero-order chi connectivity index (χ0) is 48.3. The van der Waals surface area contributed by atoms with E-state index >= 15 is 0 Å². The van der Waals surface area contributed by atoms with E-state index < -0.39 is 128 Å². The molecular formula is C48H78O18. The van der Waals surface area contributed by atoms with Gasteiger partial charge in [-0.2, -0.15) is 0 Å². The lowest BCUT2D eigenvalue weighted by Gasteiger charge is -2.71. The second-order valence-electron chi connectivity index (χ2n) is 23.3. The summed E-state index contributed by atoms with van der Waals surface area (Å²) in [7, 11) is 0. The van der Waals surface area contributed by atoms with E-state index in [-0.39, 0.29) is 46.0 Å². The summed E-state index contributed by atoms with van der Waals surface area (Å²) >= 11 is 0. The Balaban J connectivity index is 1.03. The molecule has 0 aromatic carbocycles. The van der Waals surface area contributed by atoms with Crippen LogP contribution < -0.4 is 0 Å². The lowest BCUT2D eigenvalue weighted by molar-refractivity contribution is -0.367. The molecule has 7 fully saturated rings. The van der Waals surface area contributed by atoms with Gasteiger partial charge in [-0.05, 0) is 111 Å². The van der Waals surface area contributed by atoms with Crippen LogP contribution in [0.1, 0.15) is 113 Å². The van der Waals surface area contributed by atoms with Gasteiger partial charge >= 0.3 is 5.97 Å². The van der Waals surface area contributed by atoms with Gasteiger partial charge in [0.15, 0.2) is 12.6 Å². The summed E-state index contributed by atoms with van der Waals surface area (Å²) in [4.78, 5) is 14.7. The summed E-state index contributed by atoms with van der Waals surface area (Å²) in [6.07, 6.45) is -13.6. The van der Waals surface area contributed by atoms with Crippen molar-refractivity contribution in [3.63, 3.8) is 0 Å². The minimum atomic E-state index is -1.76. The monoisotopic (exact) mass is 943 g/mol. The number of carbonyl (C=O) groups excluding carboxylic acids is 1. The van der Waals surface area contributed by atoms with Gasteiger partial charge < -0.3 is 84.6 Å². The van der Waals surface area contributed by atoms with Crippen LogP contribution in [0.5, 0.6) is 0 Å². The van der Waals surface area contributed by atoms with Gasteiger partial charge in [0.1, 0.15) is 67.1 Å². The molecule has 3 aliphatic heterocycles. The van der Waals surface area contributed by atoms with Crippen LogP contribution in [0, 0.1) is 50.2 Å². The molecule has 0 aromatic heterocycles. The van der Waals surface area contributed by atoms with E-state index in [0.29, 0.717) is 25.7 Å². The van der Waals surface area contributed by atoms with Gasteiger partial charge in [0.25, 0.3) is 0 Å². The average Bonchev–Trinajstić information content (AvgIpc) is 3.27. The average molecular weight is 943 g/mol. The van der Waals surface area contributed by atoms with Crippen molar-refractivity contribution in [2.75, 3.05) is 19.8 Å². The maximum Gasteiger partial charge on any atom is 0.315 e. The highest BCUT2D eigenvalue weighted by atomic mass is 16.7. The second-order valence-corrected chi connectivity index (χ2v) is 23.3. The van der Waals surface area contributed by atoms with Gasteiger partial charge in [-0.1, -0.05) is 53.2 Å². The first-order chi connectivity index (χ1) is 30.9. The molecule has 66 heavy (non-hydrogen) atoms. The zero-order valence-corrected chi connectivity index (χ0v) is 39.5. The number of hydrogen-bond donors (Lipinski definition) is 11. The number of fused-ring (bicyclic) bond motifs is 7. The van der Waals surface area contributed by atoms with Crippen molar-refractivity contribution >= 4 is 5.97 Å². The highest BCUT2D eigenvalue weighted by Gasteiger charge is 2.70. The number of rotatable bonds is 9. The minimum absolute atomic E-state index is 0.0138. The van der Waals surface area contributed by atoms with Crippen molar-refractivity contribution in [1.29, 1.82) is 0 Å². The lowest BCUT2D eigenvalue weighted by Crippen LogP contribution is -2.67. The smallest absolute Gasteiger partial charge is 0.315 e. The second kappa shape index (κ2) is 18.0. The van der Waals surface area contributed by atoms with Gasteiger partial charge in [0.2, 0.25) is 6.29 Å². The number of allylic oxidation sites excluding steroid dienone is 2. The highest BCUT2D eigenvalue weighted by Crippen LogP contribution is 2.76. The molecule has 0 bridgehead atoms. The largest absolute Gasteiger partial charge is 0.432 e. The lowest BCUT2D eigenvalue weighted by atomic mass is 9.33. The van der Waals surface area contributed by atoms with Crippen LogP contribution in [0.2, 0.25) is 0 Å². The summed E-state index contributed by atoms with van der Waals surface area (Å²) in [6, 6.07) is 0. The molecule has 11 N–H and O–H groups in total. The Morgan fingerprint density at radius 2 is 1.24 bits per heavy atom. The van der Waals surface area contributed by atoms with Crippen LogP contribution in [-0.2, 0) is 33.2 Å². The van der Waals surface area contributed by atoms with Crippen molar-refractivity contribution in [1.82, 2.24) is 0 Å². The van der Waals surface area contributed by atoms with Crippen LogP contribution in [-0.4, -0.2) is 180 Å². The first kappa shape index (κ1) is 50.9. The fraction of sp³-hybridized carbons (Fsp3) is 0.938. The quantitative estimate of drug-likeness (QED) is 0.0833. The van der Waals surface area contributed by atoms with Gasteiger partial charge in [-0.25, -0.2) is 0 Å². The molecule has 8 rings (SSSR count). The van der Waals surface area contributed by atoms with E-state index in [0.717, 1.165) is 38.5 Å². The molecule has 3 heterocycles. The number of hydrogen-bond acceptors (Lipinski definition) is 18. The van der Waals surface area contributed by atoms with Crippen LogP contribution in [0.3, 0.4) is 0 Å². The molecule has 8 aliphatic rings. The summed E-state index contributed by atoms with van der Waals surface area (Å²) in [6.45, 7) is 13.7. The molecule has 18 heteroatoms. The number of aliphatic hydroxyl groups is 11. The third kappa shape index (κ3) is 7.78. The van der Waals surface area contributed by atoms with E-state index in [4.69, 9.17) is 28.4 Å². The van der Waals surface area contributed by atoms with Gasteiger partial charge in [0, 0.05) is 5.41 Å². The van der Waals surface area contributed by atoms with E-state index in [9.17, 15) is 61.0 Å². The molecule has 24 atom stereocenters. The standard InChI is InChI=1S/C48H78O18/c1-22-30(52)38(65-39-35(57)33(55)31(53)25(19-49)62-39)37(59)41(61-22)64-29-11-12-44(4)27(45(29,5)21-51)10-13-47(7)28(44)9-8-23-24-18-43(2,3)14-16-48(24,17-15-46(23,47)6)42(60)66-40-36(58)34(56)32(54)26(20-50)63-40/h8,22,24-41,49-59H,9-21H2,1-7H3/t22-,24-,25+,26+,27?,28?,29-,30-,31+,32+,33-,34-,35+,36+,37+,38+,39-,40-,41-,44-,45-,46+,47+,48-/m0/s1. The van der Waals surface area contributed by atoms with Crippen LogP contribution in [0.4, 0.5) is 0 Å². The molecule has 0 amide bonds. The van der Waals surface area contributed by atoms with Crippen molar-refractivity contribution < 1.29 is 89.4 Å². The van der Waals surface area contributed by atoms with Gasteiger partial charge in [0.05, 0.1) is 37.4 Å². The summed E-state index contributed by atoms with van der Waals surface area (Å²) in [5.41, 5.74) is -1.28. The molecule has 5 aliphatic carbocycles. The van der Waals surface area contributed by atoms with Crippen LogP contribution >= 0.6 is 0 Å². The molecule has 0 spiro atoms. The van der Waals surface area contributed by atoms with Crippen molar-refractivity contribution in [3.05, 3.63) is 11.6 Å². The fourth-order valence-corrected chi connectivity index (χ4v) is 15.0. The molecule has 378 valence electrons. The summed E-state index contributed by atoms with van der Waals surface area (Å²) in [5, 5.41) is 117. The molecule has 0 radical (unpaired) electrons. The van der Waals surface area contributed by atoms with Crippen LogP contribution in [0.25, 0.3) is 0 Å². The highest BCUT2D eigenvalue weighted by molar-refractivity contribution is 5.79. The number of carbonyl (C=O) groups is 1. The Morgan fingerprint density at radius 1 is 0.652 bits per heavy atom. The van der Waals surface area contributed by atoms with Gasteiger partial charge in [-0.15, -0.1) is 0 Å². The first-order valence-corrected chi connectivity index (χ1v) is 24.3. The SMILES string of the molecule is C[C@@H]1O[C@@H](O[C@H]2CC[C@@]3(C)C(CC[C@]4(C)C3CC=C3[C@@H]5CC(C)(C)CC[C@]5(C(=O)O[C@@H]5O[C@H](CO)[C@@H](O)[C@H](O)[C@H]5O)CC[C@]34C)[C@]2(C)CO)[C@H](O)[C@H](O[C@@H]2O[C@H](CO)[C@@H](O)[C@H](O)[C@H]2O)[C@H]1O. The Morgan fingerprint density at radius 3 is 1.86 bits per heavy atom. The summed E-state index contributed by atoms with van der Waals surface area (Å²) in [5.74, 6) is -0.487. The van der Waals surface area contributed by atoms with Crippen LogP contribution in [0.15, 0.2) is 11.6 Å². The van der Waals surface area contributed by atoms with E-state index in [1.54, 1.807) is 6.92 Å². The predicted octanol–water partition coefficient (Wildman–Crippen LogP) is 0.141. The number of aliphatic hydroxyl groups excluding tert-OH is 11. The zero-order valence-electron chi connectivity index (χ0n) is 39.5. The van der Waals surface area contributed by atoms with Crippen molar-refractivity contribution in [2.24, 2.45) is 50.2 Å². The Labute approximate surface area is 387 Å². The molecule has 2 unspecified atom stereocenters. The minimum Gasteiger partial charge on any atom is -0.432 e. The fourth-order valence-electron chi connectivity index (χ4n) is 15.0. The molecule has 3 saturated heterocycles. The Kier molecular flexibility index (Phi) is 13.9. The Bertz CT molecular complexity index is 1800. The van der Waals surface area contributed by atoms with Crippen molar-refractivity contribution in [2.45, 2.75) is 211 Å². The maximum absolute atomic E-state index is 14.7. The first-order valence-electron chi connectivity index (χ1n) is 24.3. The predicted molar refractivity (Wildman–Crippen MR) is 230 cm³/mol. The third-order valence-electron chi connectivity index (χ3n) is 19.4. The van der Waals surface area contributed by atoms with E-state index in [1.807, 2.05) is 6.92 Å². The molecule has 4 saturated carbocycles. The maximum atomic E-state index is 14.7. The van der Waals surface area contributed by atoms with E-state index in [2.05, 4.69) is 40.7 Å². The third-order valence-corrected chi connectivity index (χ3v) is 19.4.